The largest absolute Gasteiger partial charge is 0.147 e. The second-order valence-electron chi connectivity index (χ2n) is 8.63. The average Bonchev–Trinajstić information content (AvgIpc) is 3.17. The molecule has 2 aromatic carbocycles. The van der Waals surface area contributed by atoms with Crippen molar-refractivity contribution >= 4 is 47.4 Å². The maximum Gasteiger partial charge on any atom is -0.147 e. The van der Waals surface area contributed by atoms with Crippen LogP contribution < -0.4 is 0 Å². The van der Waals surface area contributed by atoms with Crippen molar-refractivity contribution in [1.29, 1.82) is 0 Å². The SMILES string of the molecule is CC1=C(C)C(C)[C]([Zr]([CH]2C=C(c3ccc(Cl)cc3)c3ccccc32)=[Si](C)C)=C1C.Cl.Cl. The summed E-state index contributed by atoms with van der Waals surface area (Å²) < 4.78 is 2.53. The molecule has 0 N–H and O–H groups in total. The van der Waals surface area contributed by atoms with E-state index in [-0.39, 0.29) is 30.2 Å². The van der Waals surface area contributed by atoms with E-state index < -0.39 is 20.4 Å². The number of hydrogen-bond donors (Lipinski definition) is 0. The Morgan fingerprint density at radius 2 is 1.48 bits per heavy atom. The molecule has 0 amide bonds. The maximum atomic E-state index is 6.17. The van der Waals surface area contributed by atoms with Gasteiger partial charge >= 0.3 is 190 Å². The van der Waals surface area contributed by atoms with E-state index in [9.17, 15) is 0 Å². The topological polar surface area (TPSA) is 0 Å². The standard InChI is InChI=1S/C15H10Cl.C9H13.C2H6Si.2ClH.Zr/c16-13-8-5-12(6-9-13)15-10-7-11-3-1-2-4-14(11)15;1-6-5-7(2)9(4)8(6)3;1-3-2;;;/h1-10H;6H,1-4H3;1-2H3;2*1H;. The number of allylic oxidation sites excluding steroid dienone is 5. The Balaban J connectivity index is 0.00000171. The van der Waals surface area contributed by atoms with Crippen molar-refractivity contribution in [2.24, 2.45) is 5.92 Å². The zero-order valence-electron chi connectivity index (χ0n) is 19.0. The molecule has 2 aromatic rings. The minimum absolute atomic E-state index is 0. The molecule has 0 bridgehead atoms. The van der Waals surface area contributed by atoms with E-state index in [0.29, 0.717) is 9.54 Å². The van der Waals surface area contributed by atoms with Crippen LogP contribution in [-0.4, -0.2) is 5.43 Å². The molecule has 2 unspecified atom stereocenters. The van der Waals surface area contributed by atoms with Crippen molar-refractivity contribution < 1.29 is 20.4 Å². The number of rotatable bonds is 3. The van der Waals surface area contributed by atoms with Gasteiger partial charge in [-0.3, -0.25) is 0 Å². The van der Waals surface area contributed by atoms with Crippen LogP contribution in [0.25, 0.3) is 5.57 Å². The van der Waals surface area contributed by atoms with Gasteiger partial charge < -0.3 is 0 Å². The third-order valence-electron chi connectivity index (χ3n) is 6.85. The summed E-state index contributed by atoms with van der Waals surface area (Å²) in [5, 5.41) is 0.804. The molecule has 4 rings (SSSR count). The molecule has 0 saturated heterocycles. The Morgan fingerprint density at radius 3 is 2.03 bits per heavy atom. The van der Waals surface area contributed by atoms with Gasteiger partial charge in [-0.1, -0.05) is 0 Å². The van der Waals surface area contributed by atoms with Gasteiger partial charge in [-0.25, -0.2) is 0 Å². The summed E-state index contributed by atoms with van der Waals surface area (Å²) in [6.45, 7) is 14.7. The van der Waals surface area contributed by atoms with Crippen molar-refractivity contribution in [2.75, 3.05) is 0 Å². The second kappa shape index (κ2) is 10.7. The first kappa shape index (κ1) is 26.9. The maximum absolute atomic E-state index is 6.17. The Morgan fingerprint density at radius 1 is 0.871 bits per heavy atom. The van der Waals surface area contributed by atoms with E-state index in [0.717, 1.165) is 5.02 Å². The number of halogens is 3. The number of hydrogen-bond acceptors (Lipinski definition) is 0. The van der Waals surface area contributed by atoms with Crippen molar-refractivity contribution in [2.45, 2.75) is 44.4 Å². The van der Waals surface area contributed by atoms with Gasteiger partial charge in [0.25, 0.3) is 0 Å². The van der Waals surface area contributed by atoms with Gasteiger partial charge in [-0.2, -0.15) is 0 Å². The predicted molar refractivity (Wildman–Crippen MR) is 140 cm³/mol. The first-order chi connectivity index (χ1) is 13.8. The van der Waals surface area contributed by atoms with E-state index in [1.165, 1.54) is 16.7 Å². The fourth-order valence-corrected chi connectivity index (χ4v) is 24.8. The van der Waals surface area contributed by atoms with E-state index >= 15 is 0 Å². The second-order valence-corrected chi connectivity index (χ2v) is 26.5. The summed E-state index contributed by atoms with van der Waals surface area (Å²) in [6.07, 6.45) is 2.64. The van der Waals surface area contributed by atoms with Crippen molar-refractivity contribution in [3.63, 3.8) is 0 Å². The van der Waals surface area contributed by atoms with Gasteiger partial charge in [0.15, 0.2) is 0 Å². The monoisotopic (exact) mass is 566 g/mol. The molecule has 0 spiro atoms. The van der Waals surface area contributed by atoms with Crippen LogP contribution in [0.15, 0.2) is 74.6 Å². The van der Waals surface area contributed by atoms with Crippen LogP contribution >= 0.6 is 36.4 Å². The zero-order valence-corrected chi connectivity index (χ0v) is 24.9. The van der Waals surface area contributed by atoms with Crippen LogP contribution in [0.4, 0.5) is 0 Å². The quantitative estimate of drug-likeness (QED) is 0.325. The van der Waals surface area contributed by atoms with Crippen LogP contribution in [-0.2, 0) is 20.4 Å². The van der Waals surface area contributed by atoms with Gasteiger partial charge in [-0.05, 0) is 0 Å². The van der Waals surface area contributed by atoms with Gasteiger partial charge in [-0.15, -0.1) is 24.8 Å². The van der Waals surface area contributed by atoms with Crippen LogP contribution in [0.1, 0.15) is 48.0 Å². The zero-order chi connectivity index (χ0) is 20.9. The Labute approximate surface area is 212 Å². The summed E-state index contributed by atoms with van der Waals surface area (Å²) in [5.74, 6) is 0.643. The van der Waals surface area contributed by atoms with Crippen molar-refractivity contribution in [3.05, 3.63) is 96.3 Å². The molecule has 2 aliphatic rings. The molecular formula is C26H31Cl3SiZr. The fraction of sp³-hybridized carbons (Fsp3) is 0.308. The molecule has 0 radical (unpaired) electrons. The van der Waals surface area contributed by atoms with Gasteiger partial charge in [0.1, 0.15) is 0 Å². The molecule has 5 heteroatoms. The van der Waals surface area contributed by atoms with Crippen LogP contribution in [0, 0.1) is 5.92 Å². The van der Waals surface area contributed by atoms with Gasteiger partial charge in [0.05, 0.1) is 0 Å². The Bertz CT molecular complexity index is 1120. The smallest absolute Gasteiger partial charge is 0.147 e. The third kappa shape index (κ3) is 4.80. The van der Waals surface area contributed by atoms with Crippen LogP contribution in [0.2, 0.25) is 18.1 Å². The Hall–Kier alpha value is -0.370. The van der Waals surface area contributed by atoms with Crippen LogP contribution in [0.5, 0.6) is 0 Å². The first-order valence-electron chi connectivity index (χ1n) is 10.4. The average molecular weight is 569 g/mol. The van der Waals surface area contributed by atoms with Crippen LogP contribution in [0.3, 0.4) is 0 Å². The number of fused-ring (bicyclic) bond motifs is 1. The van der Waals surface area contributed by atoms with Gasteiger partial charge in [0, 0.05) is 0 Å². The van der Waals surface area contributed by atoms with Crippen molar-refractivity contribution in [3.8, 4) is 0 Å². The summed E-state index contributed by atoms with van der Waals surface area (Å²) in [6, 6.07) is 17.5. The summed E-state index contributed by atoms with van der Waals surface area (Å²) in [4.78, 5) is 0. The minimum Gasteiger partial charge on any atom is -0.147 e. The number of benzene rings is 2. The molecular weight excluding hydrogens is 538 g/mol. The van der Waals surface area contributed by atoms with E-state index in [1.807, 2.05) is 15.4 Å². The Kier molecular flexibility index (Phi) is 9.28. The summed E-state index contributed by atoms with van der Waals surface area (Å²) in [7, 11) is 0. The molecule has 31 heavy (non-hydrogen) atoms. The molecule has 164 valence electrons. The minimum atomic E-state index is -1.92. The van der Waals surface area contributed by atoms with E-state index in [1.54, 1.807) is 22.3 Å². The molecule has 0 heterocycles. The van der Waals surface area contributed by atoms with Crippen molar-refractivity contribution in [1.82, 2.24) is 0 Å². The van der Waals surface area contributed by atoms with Gasteiger partial charge in [0.2, 0.25) is 0 Å². The molecule has 0 saturated carbocycles. The molecule has 0 aromatic heterocycles. The summed E-state index contributed by atoms with van der Waals surface area (Å²) in [5.41, 5.74) is 10.2. The first-order valence-corrected chi connectivity index (χ1v) is 19.7. The molecule has 0 fully saturated rings. The summed E-state index contributed by atoms with van der Waals surface area (Å²) >= 11 is 4.25. The predicted octanol–water partition coefficient (Wildman–Crippen LogP) is 8.80. The van der Waals surface area contributed by atoms with E-state index in [2.05, 4.69) is 83.3 Å². The normalized spacial score (nSPS) is 19.5. The molecule has 0 aliphatic heterocycles. The molecule has 2 aliphatic carbocycles. The molecule has 2 atom stereocenters. The fourth-order valence-electron chi connectivity index (χ4n) is 5.03. The van der Waals surface area contributed by atoms with E-state index in [4.69, 9.17) is 11.6 Å². The third-order valence-corrected chi connectivity index (χ3v) is 25.7. The molecule has 0 nitrogen and oxygen atoms in total.